The number of carbonyl (C=O) groups is 3. The molecule has 0 unspecified atom stereocenters. The Hall–Kier alpha value is -2.43. The van der Waals surface area contributed by atoms with Crippen LogP contribution < -0.4 is 5.32 Å². The van der Waals surface area contributed by atoms with Crippen molar-refractivity contribution in [2.45, 2.75) is 19.3 Å². The van der Waals surface area contributed by atoms with Crippen molar-refractivity contribution in [3.05, 3.63) is 48.0 Å². The molecule has 1 N–H and O–H groups in total. The van der Waals surface area contributed by atoms with E-state index in [-0.39, 0.29) is 36.1 Å². The van der Waals surface area contributed by atoms with Crippen LogP contribution in [0.25, 0.3) is 0 Å². The van der Waals surface area contributed by atoms with Gasteiger partial charge in [-0.3, -0.25) is 19.3 Å². The second kappa shape index (κ2) is 6.77. The van der Waals surface area contributed by atoms with E-state index < -0.39 is 0 Å². The van der Waals surface area contributed by atoms with Crippen LogP contribution in [0.5, 0.6) is 0 Å². The lowest BCUT2D eigenvalue weighted by Crippen LogP contribution is -2.41. The Morgan fingerprint density at radius 1 is 1.04 bits per heavy atom. The number of hydrogen-bond acceptors (Lipinski definition) is 3. The quantitative estimate of drug-likeness (QED) is 0.658. The van der Waals surface area contributed by atoms with Gasteiger partial charge in [0.15, 0.2) is 0 Å². The van der Waals surface area contributed by atoms with Crippen molar-refractivity contribution in [1.29, 1.82) is 0 Å². The minimum atomic E-state index is -0.283. The van der Waals surface area contributed by atoms with Gasteiger partial charge in [-0.1, -0.05) is 42.5 Å². The molecule has 1 fully saturated rings. The van der Waals surface area contributed by atoms with Crippen molar-refractivity contribution < 1.29 is 14.4 Å². The highest BCUT2D eigenvalue weighted by molar-refractivity contribution is 6.07. The maximum absolute atomic E-state index is 12.3. The van der Waals surface area contributed by atoms with Gasteiger partial charge in [-0.05, 0) is 24.8 Å². The fraction of sp³-hybridized carbons (Fsp3) is 0.389. The Balaban J connectivity index is 1.50. The summed E-state index contributed by atoms with van der Waals surface area (Å²) in [5.74, 6) is -1.24. The highest BCUT2D eigenvalue weighted by atomic mass is 16.2. The molecule has 3 rings (SSSR count). The van der Waals surface area contributed by atoms with Crippen molar-refractivity contribution in [2.24, 2.45) is 11.8 Å². The zero-order chi connectivity index (χ0) is 16.2. The Morgan fingerprint density at radius 3 is 2.26 bits per heavy atom. The normalized spacial score (nSPS) is 23.0. The summed E-state index contributed by atoms with van der Waals surface area (Å²) in [6, 6.07) is 9.85. The molecule has 0 saturated carbocycles. The minimum absolute atomic E-state index is 0.167. The number of nitrogens with one attached hydrogen (secondary N) is 1. The van der Waals surface area contributed by atoms with E-state index in [1.165, 1.54) is 0 Å². The van der Waals surface area contributed by atoms with Gasteiger partial charge in [-0.25, -0.2) is 0 Å². The van der Waals surface area contributed by atoms with Crippen molar-refractivity contribution in [3.63, 3.8) is 0 Å². The molecule has 2 atom stereocenters. The molecule has 1 aromatic carbocycles. The number of benzene rings is 1. The zero-order valence-electron chi connectivity index (χ0n) is 12.9. The van der Waals surface area contributed by atoms with Crippen LogP contribution in [0.3, 0.4) is 0 Å². The van der Waals surface area contributed by atoms with E-state index in [9.17, 15) is 14.4 Å². The molecule has 5 nitrogen and oxygen atoms in total. The molecule has 23 heavy (non-hydrogen) atoms. The van der Waals surface area contributed by atoms with Crippen molar-refractivity contribution in [3.8, 4) is 0 Å². The summed E-state index contributed by atoms with van der Waals surface area (Å²) < 4.78 is 0. The summed E-state index contributed by atoms with van der Waals surface area (Å²) in [5.41, 5.74) is 1.14. The number of imide groups is 1. The average molecular weight is 312 g/mol. The fourth-order valence-corrected chi connectivity index (χ4v) is 3.22. The SMILES string of the molecule is O=C(CN1C(=O)[C@H]2CC=CC[C@H]2C1=O)NCCc1ccccc1. The minimum Gasteiger partial charge on any atom is -0.354 e. The lowest BCUT2D eigenvalue weighted by atomic mass is 9.85. The molecule has 0 radical (unpaired) electrons. The topological polar surface area (TPSA) is 66.5 Å². The average Bonchev–Trinajstić information content (AvgIpc) is 2.81. The first-order chi connectivity index (χ1) is 11.2. The van der Waals surface area contributed by atoms with Crippen LogP contribution >= 0.6 is 0 Å². The van der Waals surface area contributed by atoms with Gasteiger partial charge >= 0.3 is 0 Å². The number of nitrogens with zero attached hydrogens (tertiary/aromatic N) is 1. The second-order valence-corrected chi connectivity index (χ2v) is 6.00. The Bertz CT molecular complexity index is 613. The van der Waals surface area contributed by atoms with Crippen LogP contribution in [0.1, 0.15) is 18.4 Å². The van der Waals surface area contributed by atoms with Gasteiger partial charge in [0.05, 0.1) is 11.8 Å². The van der Waals surface area contributed by atoms with Gasteiger partial charge in [-0.2, -0.15) is 0 Å². The van der Waals surface area contributed by atoms with Crippen LogP contribution in [0, 0.1) is 11.8 Å². The van der Waals surface area contributed by atoms with E-state index in [2.05, 4.69) is 5.32 Å². The lowest BCUT2D eigenvalue weighted by molar-refractivity contribution is -0.143. The summed E-state index contributed by atoms with van der Waals surface area (Å²) in [7, 11) is 0. The van der Waals surface area contributed by atoms with Crippen molar-refractivity contribution in [2.75, 3.05) is 13.1 Å². The molecule has 1 aromatic rings. The number of hydrogen-bond donors (Lipinski definition) is 1. The number of rotatable bonds is 5. The van der Waals surface area contributed by atoms with E-state index in [0.29, 0.717) is 19.4 Å². The van der Waals surface area contributed by atoms with E-state index in [1.54, 1.807) is 0 Å². The summed E-state index contributed by atoms with van der Waals surface area (Å²) in [6.07, 6.45) is 5.80. The molecular weight excluding hydrogens is 292 g/mol. The number of likely N-dealkylation sites (tertiary alicyclic amines) is 1. The van der Waals surface area contributed by atoms with Crippen molar-refractivity contribution >= 4 is 17.7 Å². The predicted molar refractivity (Wildman–Crippen MR) is 85.2 cm³/mol. The standard InChI is InChI=1S/C18H20N2O3/c21-16(19-11-10-13-6-2-1-3-7-13)12-20-17(22)14-8-4-5-9-15(14)18(20)23/h1-7,14-15H,8-12H2,(H,19,21)/t14-,15+. The first-order valence-electron chi connectivity index (χ1n) is 7.97. The molecule has 0 spiro atoms. The zero-order valence-corrected chi connectivity index (χ0v) is 12.9. The van der Waals surface area contributed by atoms with Crippen LogP contribution in [-0.4, -0.2) is 35.7 Å². The van der Waals surface area contributed by atoms with Crippen LogP contribution in [0.4, 0.5) is 0 Å². The second-order valence-electron chi connectivity index (χ2n) is 6.00. The van der Waals surface area contributed by atoms with E-state index in [0.717, 1.165) is 16.9 Å². The van der Waals surface area contributed by atoms with E-state index in [1.807, 2.05) is 42.5 Å². The largest absolute Gasteiger partial charge is 0.354 e. The van der Waals surface area contributed by atoms with Crippen LogP contribution in [-0.2, 0) is 20.8 Å². The van der Waals surface area contributed by atoms with Crippen molar-refractivity contribution in [1.82, 2.24) is 10.2 Å². The Morgan fingerprint density at radius 2 is 1.65 bits per heavy atom. The summed E-state index contributed by atoms with van der Waals surface area (Å²) in [5, 5.41) is 2.78. The first-order valence-corrected chi connectivity index (χ1v) is 7.97. The molecular formula is C18H20N2O3. The van der Waals surface area contributed by atoms with E-state index in [4.69, 9.17) is 0 Å². The number of fused-ring (bicyclic) bond motifs is 1. The maximum atomic E-state index is 12.3. The highest BCUT2D eigenvalue weighted by Crippen LogP contribution is 2.34. The molecule has 1 aliphatic carbocycles. The van der Waals surface area contributed by atoms with Gasteiger partial charge < -0.3 is 5.32 Å². The number of allylic oxidation sites excluding steroid dienone is 2. The van der Waals surface area contributed by atoms with E-state index >= 15 is 0 Å². The summed E-state index contributed by atoms with van der Waals surface area (Å²) >= 11 is 0. The summed E-state index contributed by atoms with van der Waals surface area (Å²) in [6.45, 7) is 0.326. The predicted octanol–water partition coefficient (Wildman–Crippen LogP) is 1.30. The Kier molecular flexibility index (Phi) is 4.55. The van der Waals surface area contributed by atoms with Gasteiger partial charge in [0.25, 0.3) is 0 Å². The van der Waals surface area contributed by atoms with Gasteiger partial charge in [0.1, 0.15) is 6.54 Å². The molecule has 1 saturated heterocycles. The monoisotopic (exact) mass is 312 g/mol. The summed E-state index contributed by atoms with van der Waals surface area (Å²) in [4.78, 5) is 37.7. The molecule has 120 valence electrons. The van der Waals surface area contributed by atoms with Gasteiger partial charge in [0.2, 0.25) is 17.7 Å². The lowest BCUT2D eigenvalue weighted by Gasteiger charge is -2.14. The number of amides is 3. The maximum Gasteiger partial charge on any atom is 0.240 e. The Labute approximate surface area is 135 Å². The molecule has 1 aliphatic heterocycles. The molecule has 2 aliphatic rings. The molecule has 0 bridgehead atoms. The van der Waals surface area contributed by atoms with Crippen LogP contribution in [0.2, 0.25) is 0 Å². The van der Waals surface area contributed by atoms with Gasteiger partial charge in [0, 0.05) is 6.54 Å². The molecule has 3 amide bonds. The molecule has 0 aromatic heterocycles. The third-order valence-electron chi connectivity index (χ3n) is 4.48. The third-order valence-corrected chi connectivity index (χ3v) is 4.48. The smallest absolute Gasteiger partial charge is 0.240 e. The molecule has 1 heterocycles. The highest BCUT2D eigenvalue weighted by Gasteiger charge is 2.47. The molecule has 5 heteroatoms. The third kappa shape index (κ3) is 3.33. The van der Waals surface area contributed by atoms with Crippen LogP contribution in [0.15, 0.2) is 42.5 Å². The number of carbonyl (C=O) groups excluding carboxylic acids is 3. The first kappa shape index (κ1) is 15.5. The fourth-order valence-electron chi connectivity index (χ4n) is 3.22. The van der Waals surface area contributed by atoms with Gasteiger partial charge in [-0.15, -0.1) is 0 Å².